The van der Waals surface area contributed by atoms with E-state index in [0.29, 0.717) is 22.0 Å². The number of nitriles is 1. The van der Waals surface area contributed by atoms with Crippen LogP contribution in [0.25, 0.3) is 21.7 Å². The third kappa shape index (κ3) is 5.51. The summed E-state index contributed by atoms with van der Waals surface area (Å²) < 4.78 is 42.6. The highest BCUT2D eigenvalue weighted by Gasteiger charge is 2.47. The Morgan fingerprint density at radius 1 is 1.18 bits per heavy atom. The Balaban J connectivity index is 1.47. The zero-order valence-electron chi connectivity index (χ0n) is 25.1. The second-order valence-electron chi connectivity index (χ2n) is 12.6. The number of nitrogens with zero attached hydrogens (tertiary/aromatic N) is 4. The normalized spacial score (nSPS) is 16.7. The summed E-state index contributed by atoms with van der Waals surface area (Å²) in [6.45, 7) is 3.88. The number of halogens is 4. The molecule has 0 spiro atoms. The summed E-state index contributed by atoms with van der Waals surface area (Å²) in [4.78, 5) is 17.4. The Morgan fingerprint density at radius 2 is 1.93 bits per heavy atom. The summed E-state index contributed by atoms with van der Waals surface area (Å²) >= 11 is 6.72. The first kappa shape index (κ1) is 30.6. The van der Waals surface area contributed by atoms with Crippen LogP contribution in [-0.4, -0.2) is 32.8 Å². The van der Waals surface area contributed by atoms with Crippen molar-refractivity contribution in [3.63, 3.8) is 0 Å². The molecule has 3 heterocycles. The van der Waals surface area contributed by atoms with E-state index in [1.807, 2.05) is 35.5 Å². The lowest BCUT2D eigenvalue weighted by molar-refractivity contribution is -0.206. The highest BCUT2D eigenvalue weighted by Crippen LogP contribution is 2.43. The number of hydrazine groups is 2. The number of pyridine rings is 2. The molecule has 1 aliphatic heterocycles. The lowest BCUT2D eigenvalue weighted by atomic mass is 9.92. The van der Waals surface area contributed by atoms with Gasteiger partial charge in [0.05, 0.1) is 44.5 Å². The van der Waals surface area contributed by atoms with Crippen LogP contribution in [0.3, 0.4) is 0 Å². The van der Waals surface area contributed by atoms with Gasteiger partial charge in [-0.3, -0.25) is 14.8 Å². The first-order chi connectivity index (χ1) is 21.2. The van der Waals surface area contributed by atoms with Crippen molar-refractivity contribution in [3.8, 4) is 6.07 Å². The molecule has 1 saturated carbocycles. The number of alkyl halides is 3. The van der Waals surface area contributed by atoms with Gasteiger partial charge in [-0.05, 0) is 68.8 Å². The van der Waals surface area contributed by atoms with Crippen LogP contribution in [0.2, 0.25) is 5.02 Å². The molecule has 0 bridgehead atoms. The first-order valence-corrected chi connectivity index (χ1v) is 14.8. The van der Waals surface area contributed by atoms with Crippen molar-refractivity contribution in [3.05, 3.63) is 87.2 Å². The van der Waals surface area contributed by atoms with Gasteiger partial charge in [0.2, 0.25) is 0 Å². The zero-order valence-corrected chi connectivity index (χ0v) is 25.9. The molecule has 9 nitrogen and oxygen atoms in total. The molecule has 0 radical (unpaired) electrons. The highest BCUT2D eigenvalue weighted by molar-refractivity contribution is 6.35. The number of anilines is 2. The van der Waals surface area contributed by atoms with E-state index in [4.69, 9.17) is 11.6 Å². The van der Waals surface area contributed by atoms with Gasteiger partial charge in [0.25, 0.3) is 5.56 Å². The van der Waals surface area contributed by atoms with Crippen molar-refractivity contribution in [2.24, 2.45) is 12.5 Å². The number of aromatic nitrogens is 2. The molecule has 234 valence electrons. The Bertz CT molecular complexity index is 1960. The Hall–Kier alpha value is -4.47. The van der Waals surface area contributed by atoms with Crippen molar-refractivity contribution < 1.29 is 13.2 Å². The minimum absolute atomic E-state index is 0.0234. The summed E-state index contributed by atoms with van der Waals surface area (Å²) in [7, 11) is 1.70. The number of benzene rings is 2. The molecule has 0 amide bonds. The van der Waals surface area contributed by atoms with E-state index >= 15 is 0 Å². The highest BCUT2D eigenvalue weighted by atomic mass is 35.5. The van der Waals surface area contributed by atoms with Crippen molar-refractivity contribution in [1.29, 1.82) is 5.26 Å². The molecule has 1 aliphatic carbocycles. The second kappa shape index (κ2) is 10.9. The average Bonchev–Trinajstić information content (AvgIpc) is 3.54. The van der Waals surface area contributed by atoms with Crippen LogP contribution < -0.4 is 27.2 Å². The Kier molecular flexibility index (Phi) is 7.37. The maximum absolute atomic E-state index is 13.7. The molecule has 4 N–H and O–H groups in total. The molecule has 13 heteroatoms. The summed E-state index contributed by atoms with van der Waals surface area (Å²) in [5.74, 6) is 0. The lowest BCUT2D eigenvalue weighted by Crippen LogP contribution is -2.43. The smallest absolute Gasteiger partial charge is 0.382 e. The van der Waals surface area contributed by atoms with Gasteiger partial charge < -0.3 is 20.6 Å². The summed E-state index contributed by atoms with van der Waals surface area (Å²) in [6.07, 6.45) is 2.62. The van der Waals surface area contributed by atoms with E-state index < -0.39 is 24.2 Å². The molecule has 1 fully saturated rings. The van der Waals surface area contributed by atoms with Gasteiger partial charge in [-0.2, -0.15) is 18.4 Å². The Labute approximate surface area is 262 Å². The van der Waals surface area contributed by atoms with E-state index in [2.05, 4.69) is 33.5 Å². The quantitative estimate of drug-likeness (QED) is 0.174. The molecular weight excluding hydrogens is 605 g/mol. The van der Waals surface area contributed by atoms with E-state index in [1.165, 1.54) is 10.8 Å². The van der Waals surface area contributed by atoms with Crippen LogP contribution in [0.5, 0.6) is 0 Å². The largest absolute Gasteiger partial charge is 0.395 e. The van der Waals surface area contributed by atoms with Crippen molar-refractivity contribution >= 4 is 44.7 Å². The number of hydrogen-bond acceptors (Lipinski definition) is 8. The minimum Gasteiger partial charge on any atom is -0.382 e. The van der Waals surface area contributed by atoms with Crippen LogP contribution in [0.4, 0.5) is 24.5 Å². The molecule has 2 aromatic heterocycles. The van der Waals surface area contributed by atoms with Crippen LogP contribution in [0.15, 0.2) is 65.5 Å². The molecule has 4 aromatic rings. The molecule has 1 atom stereocenters. The molecule has 45 heavy (non-hydrogen) atoms. The fourth-order valence-corrected chi connectivity index (χ4v) is 5.62. The van der Waals surface area contributed by atoms with E-state index in [1.54, 1.807) is 31.4 Å². The molecule has 0 saturated heterocycles. The monoisotopic (exact) mass is 636 g/mol. The van der Waals surface area contributed by atoms with Crippen LogP contribution in [0.1, 0.15) is 50.8 Å². The van der Waals surface area contributed by atoms with E-state index in [0.717, 1.165) is 43.3 Å². The number of fused-ring (bicyclic) bond motifs is 2. The lowest BCUT2D eigenvalue weighted by Gasteiger charge is -2.29. The van der Waals surface area contributed by atoms with Crippen LogP contribution in [0, 0.1) is 16.7 Å². The standard InChI is InChI=1S/C32H32ClF3N8O/c1-30(2,32(34,35)36)17-39-26-18(14-37)15-38-27-23(26)12-19(13-24(27)33)40-28(25-16-44(42-41-25)31(3)9-10-31)21-6-5-7-22-20(21)8-11-43(4)29(22)45/h5-8,11-13,15-16,28,40-42H,9-10,17H2,1-4H3,(H,38,39)/t28-/m0/s1. The SMILES string of the molecule is Cn1ccc2c([C@H](Nc3cc(Cl)c4ncc(C#N)c(NCC(C)(C)C(F)(F)F)c4c3)C3=CN(C4(C)CC4)NN3)cccc2c1=O. The van der Waals surface area contributed by atoms with E-state index in [-0.39, 0.29) is 27.4 Å². The summed E-state index contributed by atoms with van der Waals surface area (Å²) in [5, 5.41) is 20.2. The average molecular weight is 637 g/mol. The van der Waals surface area contributed by atoms with Crippen molar-refractivity contribution in [2.75, 3.05) is 17.2 Å². The molecule has 0 unspecified atom stereocenters. The number of rotatable bonds is 8. The third-order valence-corrected chi connectivity index (χ3v) is 9.04. The number of hydrogen-bond donors (Lipinski definition) is 4. The Morgan fingerprint density at radius 3 is 2.62 bits per heavy atom. The predicted octanol–water partition coefficient (Wildman–Crippen LogP) is 6.48. The van der Waals surface area contributed by atoms with Crippen molar-refractivity contribution in [1.82, 2.24) is 25.5 Å². The van der Waals surface area contributed by atoms with Crippen LogP contribution in [-0.2, 0) is 7.05 Å². The third-order valence-electron chi connectivity index (χ3n) is 8.75. The van der Waals surface area contributed by atoms with E-state index in [9.17, 15) is 23.2 Å². The summed E-state index contributed by atoms with van der Waals surface area (Å²) in [5.41, 5.74) is 7.06. The molecule has 2 aromatic carbocycles. The maximum Gasteiger partial charge on any atom is 0.395 e. The minimum atomic E-state index is -4.46. The topological polar surface area (TPSA) is 110 Å². The zero-order chi connectivity index (χ0) is 32.3. The number of aryl methyl sites for hydroxylation is 1. The second-order valence-corrected chi connectivity index (χ2v) is 13.0. The van der Waals surface area contributed by atoms with Crippen LogP contribution >= 0.6 is 11.6 Å². The van der Waals surface area contributed by atoms with Gasteiger partial charge in [-0.15, -0.1) is 5.53 Å². The fraction of sp³-hybridized carbons (Fsp3) is 0.344. The molecule has 6 rings (SSSR count). The fourth-order valence-electron chi connectivity index (χ4n) is 5.36. The predicted molar refractivity (Wildman–Crippen MR) is 169 cm³/mol. The summed E-state index contributed by atoms with van der Waals surface area (Å²) in [6, 6.07) is 12.4. The van der Waals surface area contributed by atoms with Gasteiger partial charge in [-0.25, -0.2) is 0 Å². The maximum atomic E-state index is 13.7. The van der Waals surface area contributed by atoms with Gasteiger partial charge in [0, 0.05) is 48.6 Å². The molecular formula is C32H32ClF3N8O. The first-order valence-electron chi connectivity index (χ1n) is 14.4. The van der Waals surface area contributed by atoms with Gasteiger partial charge >= 0.3 is 6.18 Å². The number of nitrogens with one attached hydrogen (secondary N) is 4. The van der Waals surface area contributed by atoms with Gasteiger partial charge in [0.1, 0.15) is 6.07 Å². The van der Waals surface area contributed by atoms with Gasteiger partial charge in [-0.1, -0.05) is 23.7 Å². The van der Waals surface area contributed by atoms with Gasteiger partial charge in [0.15, 0.2) is 0 Å². The molecule has 2 aliphatic rings. The van der Waals surface area contributed by atoms with Crippen molar-refractivity contribution in [2.45, 2.75) is 51.4 Å².